The van der Waals surface area contributed by atoms with Gasteiger partial charge in [-0.15, -0.1) is 34.9 Å². The van der Waals surface area contributed by atoms with Gasteiger partial charge >= 0.3 is 17.9 Å². The first-order valence-electron chi connectivity index (χ1n) is 12.4. The average molecular weight is 587 g/mol. The maximum Gasteiger partial charge on any atom is 0.313 e. The summed E-state index contributed by atoms with van der Waals surface area (Å²) in [6.45, 7) is 0. The van der Waals surface area contributed by atoms with E-state index in [2.05, 4.69) is 0 Å². The second-order valence-electron chi connectivity index (χ2n) is 9.01. The van der Waals surface area contributed by atoms with Crippen molar-refractivity contribution >= 4 is 58.6 Å². The zero-order valence-corrected chi connectivity index (χ0v) is 23.6. The number of carbonyl (C=O) groups is 4. The standard InChI is InChI=1S/C17H16O4S2.C12H14O3S/c18-16(19)10-22-14-5-1-12(2-6-14)9-13-3-7-15(8-4-13)23-11-17(20)21;13-11(10-6-3-7-16-10)8-4-1-2-5-9(8)12(14)15/h1-8H,9-11H2,(H,18,19)(H,20,21);3,6-9H,1-2,4-5H2,(H,14,15)/t;8-,9-/m.1/s1. The van der Waals surface area contributed by atoms with E-state index in [4.69, 9.17) is 15.3 Å². The highest BCUT2D eigenvalue weighted by Gasteiger charge is 2.36. The first-order chi connectivity index (χ1) is 18.7. The number of rotatable bonds is 11. The molecule has 2 atom stereocenters. The van der Waals surface area contributed by atoms with E-state index in [1.54, 1.807) is 6.07 Å². The number of thiophene rings is 1. The number of benzene rings is 2. The lowest BCUT2D eigenvalue weighted by Crippen LogP contribution is -2.32. The second-order valence-corrected chi connectivity index (χ2v) is 12.1. The van der Waals surface area contributed by atoms with Gasteiger partial charge in [-0.1, -0.05) is 43.2 Å². The van der Waals surface area contributed by atoms with Crippen LogP contribution in [0, 0.1) is 11.8 Å². The topological polar surface area (TPSA) is 129 Å². The molecule has 1 heterocycles. The highest BCUT2D eigenvalue weighted by molar-refractivity contribution is 8.00. The van der Waals surface area contributed by atoms with E-state index in [9.17, 15) is 19.2 Å². The van der Waals surface area contributed by atoms with E-state index >= 15 is 0 Å². The van der Waals surface area contributed by atoms with Crippen LogP contribution in [-0.2, 0) is 20.8 Å². The number of hydrogen-bond acceptors (Lipinski definition) is 7. The summed E-state index contributed by atoms with van der Waals surface area (Å²) in [5.74, 6) is -3.12. The monoisotopic (exact) mass is 586 g/mol. The van der Waals surface area contributed by atoms with Crippen LogP contribution in [0.4, 0.5) is 0 Å². The Labute approximate surface area is 239 Å². The largest absolute Gasteiger partial charge is 0.481 e. The van der Waals surface area contributed by atoms with Crippen LogP contribution < -0.4 is 0 Å². The van der Waals surface area contributed by atoms with Crippen molar-refractivity contribution in [1.82, 2.24) is 0 Å². The van der Waals surface area contributed by atoms with E-state index in [-0.39, 0.29) is 23.2 Å². The molecule has 0 aliphatic heterocycles. The second kappa shape index (κ2) is 15.5. The lowest BCUT2D eigenvalue weighted by atomic mass is 9.76. The van der Waals surface area contributed by atoms with Crippen LogP contribution >= 0.6 is 34.9 Å². The van der Waals surface area contributed by atoms with Gasteiger partial charge in [0.15, 0.2) is 5.78 Å². The normalized spacial score (nSPS) is 16.5. The van der Waals surface area contributed by atoms with Gasteiger partial charge in [0.25, 0.3) is 0 Å². The summed E-state index contributed by atoms with van der Waals surface area (Å²) in [7, 11) is 0. The molecule has 0 saturated heterocycles. The minimum absolute atomic E-state index is 0.0158. The molecule has 0 bridgehead atoms. The van der Waals surface area contributed by atoms with E-state index in [0.717, 1.165) is 40.2 Å². The Morgan fingerprint density at radius 3 is 1.62 bits per heavy atom. The van der Waals surface area contributed by atoms with E-state index in [0.29, 0.717) is 17.7 Å². The van der Waals surface area contributed by atoms with Gasteiger partial charge in [0, 0.05) is 15.7 Å². The highest BCUT2D eigenvalue weighted by Crippen LogP contribution is 2.33. The summed E-state index contributed by atoms with van der Waals surface area (Å²) in [5.41, 5.74) is 2.30. The van der Waals surface area contributed by atoms with Gasteiger partial charge in [-0.3, -0.25) is 19.2 Å². The number of carboxylic acids is 3. The van der Waals surface area contributed by atoms with Gasteiger partial charge in [-0.2, -0.15) is 0 Å². The summed E-state index contributed by atoms with van der Waals surface area (Å²) < 4.78 is 0. The Kier molecular flexibility index (Phi) is 12.1. The lowest BCUT2D eigenvalue weighted by molar-refractivity contribution is -0.144. The molecule has 3 aromatic rings. The van der Waals surface area contributed by atoms with Gasteiger partial charge in [0.05, 0.1) is 22.3 Å². The number of carbonyl (C=O) groups excluding carboxylic acids is 1. The fourth-order valence-electron chi connectivity index (χ4n) is 4.27. The average Bonchev–Trinajstić information content (AvgIpc) is 3.47. The molecule has 10 heteroatoms. The summed E-state index contributed by atoms with van der Waals surface area (Å²) in [4.78, 5) is 46.9. The van der Waals surface area contributed by atoms with Crippen LogP contribution in [0.25, 0.3) is 0 Å². The maximum absolute atomic E-state index is 12.1. The van der Waals surface area contributed by atoms with Gasteiger partial charge in [-0.25, -0.2) is 0 Å². The van der Waals surface area contributed by atoms with Crippen molar-refractivity contribution in [1.29, 1.82) is 0 Å². The molecule has 4 rings (SSSR count). The predicted molar refractivity (Wildman–Crippen MR) is 154 cm³/mol. The zero-order valence-electron chi connectivity index (χ0n) is 21.2. The molecule has 39 heavy (non-hydrogen) atoms. The molecular weight excluding hydrogens is 557 g/mol. The van der Waals surface area contributed by atoms with Crippen LogP contribution in [0.1, 0.15) is 46.5 Å². The Bertz CT molecular complexity index is 1180. The molecule has 1 aliphatic carbocycles. The van der Waals surface area contributed by atoms with Crippen LogP contribution in [-0.4, -0.2) is 50.5 Å². The van der Waals surface area contributed by atoms with Crippen LogP contribution in [0.3, 0.4) is 0 Å². The first-order valence-corrected chi connectivity index (χ1v) is 15.3. The Balaban J connectivity index is 0.000000230. The van der Waals surface area contributed by atoms with Crippen LogP contribution in [0.2, 0.25) is 0 Å². The smallest absolute Gasteiger partial charge is 0.313 e. The molecule has 206 valence electrons. The van der Waals surface area contributed by atoms with Crippen molar-refractivity contribution in [2.24, 2.45) is 11.8 Å². The van der Waals surface area contributed by atoms with E-state index in [1.165, 1.54) is 34.9 Å². The van der Waals surface area contributed by atoms with E-state index < -0.39 is 23.8 Å². The Hall–Kier alpha value is -3.08. The molecule has 0 spiro atoms. The molecule has 0 radical (unpaired) electrons. The first kappa shape index (κ1) is 30.5. The molecule has 1 aliphatic rings. The van der Waals surface area contributed by atoms with Gasteiger partial charge < -0.3 is 15.3 Å². The fourth-order valence-corrected chi connectivity index (χ4v) is 6.24. The van der Waals surface area contributed by atoms with E-state index in [1.807, 2.05) is 60.0 Å². The SMILES string of the molecule is O=C(O)CSc1ccc(Cc2ccc(SCC(=O)O)cc2)cc1.O=C(O)[C@@H]1CCCC[C@H]1C(=O)c1cccs1. The summed E-state index contributed by atoms with van der Waals surface area (Å²) in [5, 5.41) is 28.3. The summed E-state index contributed by atoms with van der Waals surface area (Å²) in [6, 6.07) is 19.3. The number of ketones is 1. The molecule has 1 fully saturated rings. The highest BCUT2D eigenvalue weighted by atomic mass is 32.2. The van der Waals surface area contributed by atoms with Gasteiger partial charge in [-0.05, 0) is 66.1 Å². The summed E-state index contributed by atoms with van der Waals surface area (Å²) in [6.07, 6.45) is 4.02. The lowest BCUT2D eigenvalue weighted by Gasteiger charge is -2.26. The zero-order chi connectivity index (χ0) is 28.2. The molecule has 7 nitrogen and oxygen atoms in total. The third kappa shape index (κ3) is 10.2. The molecule has 0 unspecified atom stereocenters. The molecule has 1 aromatic heterocycles. The van der Waals surface area contributed by atoms with Crippen molar-refractivity contribution in [2.75, 3.05) is 11.5 Å². The van der Waals surface area contributed by atoms with Gasteiger partial charge in [0.1, 0.15) is 0 Å². The van der Waals surface area contributed by atoms with Crippen molar-refractivity contribution in [3.63, 3.8) is 0 Å². The molecular formula is C29H30O7S3. The Morgan fingerprint density at radius 2 is 1.21 bits per heavy atom. The number of Topliss-reactive ketones (excluding diaryl/α,β-unsaturated/α-hetero) is 1. The minimum atomic E-state index is -0.824. The molecule has 2 aromatic carbocycles. The number of hydrogen-bond donors (Lipinski definition) is 3. The molecule has 1 saturated carbocycles. The quantitative estimate of drug-likeness (QED) is 0.171. The number of carboxylic acid groups (broad SMARTS) is 3. The van der Waals surface area contributed by atoms with Crippen LogP contribution in [0.15, 0.2) is 75.8 Å². The van der Waals surface area contributed by atoms with Crippen molar-refractivity contribution in [3.8, 4) is 0 Å². The third-order valence-electron chi connectivity index (χ3n) is 6.16. The molecule has 0 amide bonds. The molecule has 3 N–H and O–H groups in total. The van der Waals surface area contributed by atoms with Crippen molar-refractivity contribution in [3.05, 3.63) is 82.0 Å². The summed E-state index contributed by atoms with van der Waals surface area (Å²) >= 11 is 4.00. The van der Waals surface area contributed by atoms with Crippen molar-refractivity contribution < 1.29 is 34.5 Å². The number of thioether (sulfide) groups is 2. The minimum Gasteiger partial charge on any atom is -0.481 e. The Morgan fingerprint density at radius 1 is 0.718 bits per heavy atom. The number of aliphatic carboxylic acids is 3. The van der Waals surface area contributed by atoms with Crippen molar-refractivity contribution in [2.45, 2.75) is 41.9 Å². The predicted octanol–water partition coefficient (Wildman–Crippen LogP) is 6.45. The fraction of sp³-hybridized carbons (Fsp3) is 0.310. The van der Waals surface area contributed by atoms with Crippen LogP contribution in [0.5, 0.6) is 0 Å². The van der Waals surface area contributed by atoms with Gasteiger partial charge in [0.2, 0.25) is 0 Å². The maximum atomic E-state index is 12.1. The third-order valence-corrected chi connectivity index (χ3v) is 9.04.